The first-order valence-electron chi connectivity index (χ1n) is 5.18. The van der Waals surface area contributed by atoms with E-state index in [2.05, 4.69) is 0 Å². The van der Waals surface area contributed by atoms with E-state index in [9.17, 15) is 10.2 Å². The molecule has 0 atom stereocenters. The molecule has 90 valence electrons. The van der Waals surface area contributed by atoms with Crippen molar-refractivity contribution in [2.24, 2.45) is 0 Å². The second-order valence-electron chi connectivity index (χ2n) is 4.06. The molecule has 0 spiro atoms. The third-order valence-electron chi connectivity index (χ3n) is 2.64. The lowest BCUT2D eigenvalue weighted by Gasteiger charge is -2.32. The Morgan fingerprint density at radius 1 is 1.06 bits per heavy atom. The molecule has 17 heavy (non-hydrogen) atoms. The Hall–Kier alpha value is -0.800. The molecule has 1 aromatic rings. The van der Waals surface area contributed by atoms with Crippen LogP contribution >= 0.6 is 23.2 Å². The first kappa shape index (κ1) is 12.7. The second-order valence-corrected chi connectivity index (χ2v) is 5.45. The number of aliphatic hydroxyl groups is 2. The summed E-state index contributed by atoms with van der Waals surface area (Å²) in [4.78, 5) is 0. The Labute approximate surface area is 110 Å². The van der Waals surface area contributed by atoms with E-state index in [1.54, 1.807) is 6.08 Å². The minimum Gasteiger partial charge on any atom is -0.360 e. The summed E-state index contributed by atoms with van der Waals surface area (Å²) < 4.78 is -1.72. The summed E-state index contributed by atoms with van der Waals surface area (Å²) in [5.74, 6) is -2.23. The van der Waals surface area contributed by atoms with Gasteiger partial charge in [-0.2, -0.15) is 0 Å². The quantitative estimate of drug-likeness (QED) is 0.641. The van der Waals surface area contributed by atoms with E-state index in [1.807, 2.05) is 30.3 Å². The highest BCUT2D eigenvalue weighted by Crippen LogP contribution is 2.39. The molecule has 0 radical (unpaired) electrons. The lowest BCUT2D eigenvalue weighted by molar-refractivity contribution is -0.121. The van der Waals surface area contributed by atoms with Crippen molar-refractivity contribution >= 4 is 23.2 Å². The Balaban J connectivity index is 2.20. The molecule has 0 saturated carbocycles. The number of hydrogen-bond acceptors (Lipinski definition) is 2. The van der Waals surface area contributed by atoms with Crippen LogP contribution in [0.5, 0.6) is 0 Å². The topological polar surface area (TPSA) is 40.5 Å². The Morgan fingerprint density at radius 3 is 2.29 bits per heavy atom. The summed E-state index contributed by atoms with van der Waals surface area (Å²) in [7, 11) is 0. The summed E-state index contributed by atoms with van der Waals surface area (Å²) in [6, 6.07) is 9.80. The molecular weight excluding hydrogens is 259 g/mol. The van der Waals surface area contributed by atoms with E-state index in [1.165, 1.54) is 12.2 Å². The van der Waals surface area contributed by atoms with Crippen LogP contribution in [0.3, 0.4) is 0 Å². The molecular formula is C13H12Cl2O2. The molecule has 4 heteroatoms. The van der Waals surface area contributed by atoms with Gasteiger partial charge >= 0.3 is 0 Å². The van der Waals surface area contributed by atoms with Crippen LogP contribution in [0.4, 0.5) is 0 Å². The first-order chi connectivity index (χ1) is 7.91. The van der Waals surface area contributed by atoms with Gasteiger partial charge in [0.2, 0.25) is 5.79 Å². The largest absolute Gasteiger partial charge is 0.360 e. The van der Waals surface area contributed by atoms with Crippen LogP contribution < -0.4 is 0 Å². The van der Waals surface area contributed by atoms with Crippen molar-refractivity contribution in [3.8, 4) is 0 Å². The molecule has 0 unspecified atom stereocenters. The first-order valence-corrected chi connectivity index (χ1v) is 5.94. The zero-order chi connectivity index (χ0) is 12.5. The molecule has 0 saturated heterocycles. The van der Waals surface area contributed by atoms with Gasteiger partial charge in [0, 0.05) is 0 Å². The van der Waals surface area contributed by atoms with Crippen molar-refractivity contribution in [2.45, 2.75) is 16.5 Å². The van der Waals surface area contributed by atoms with E-state index in [4.69, 9.17) is 23.2 Å². The van der Waals surface area contributed by atoms with Gasteiger partial charge in [0.25, 0.3) is 0 Å². The highest BCUT2D eigenvalue weighted by Gasteiger charge is 2.45. The molecule has 0 heterocycles. The molecule has 2 rings (SSSR count). The number of benzene rings is 1. The fourth-order valence-electron chi connectivity index (χ4n) is 1.66. The maximum Gasteiger partial charge on any atom is 0.221 e. The lowest BCUT2D eigenvalue weighted by Crippen LogP contribution is -2.45. The van der Waals surface area contributed by atoms with Crippen LogP contribution in [0.25, 0.3) is 0 Å². The van der Waals surface area contributed by atoms with E-state index in [0.29, 0.717) is 6.42 Å². The molecule has 0 aromatic heterocycles. The highest BCUT2D eigenvalue weighted by molar-refractivity contribution is 6.50. The maximum atomic E-state index is 9.55. The summed E-state index contributed by atoms with van der Waals surface area (Å²) in [6.07, 6.45) is 4.93. The summed E-state index contributed by atoms with van der Waals surface area (Å²) in [5, 5.41) is 19.1. The van der Waals surface area contributed by atoms with Crippen molar-refractivity contribution in [1.82, 2.24) is 0 Å². The smallest absolute Gasteiger partial charge is 0.221 e. The molecule has 2 nitrogen and oxygen atoms in total. The van der Waals surface area contributed by atoms with Gasteiger partial charge in [-0.3, -0.25) is 0 Å². The van der Waals surface area contributed by atoms with Gasteiger partial charge in [-0.15, -0.1) is 0 Å². The van der Waals surface area contributed by atoms with Crippen molar-refractivity contribution in [2.75, 3.05) is 0 Å². The van der Waals surface area contributed by atoms with Gasteiger partial charge in [-0.1, -0.05) is 59.6 Å². The van der Waals surface area contributed by atoms with E-state index >= 15 is 0 Å². The molecule has 1 aliphatic rings. The van der Waals surface area contributed by atoms with Crippen LogP contribution in [-0.2, 0) is 6.42 Å². The van der Waals surface area contributed by atoms with Crippen LogP contribution in [0.1, 0.15) is 5.56 Å². The summed E-state index contributed by atoms with van der Waals surface area (Å²) >= 11 is 11.7. The Kier molecular flexibility index (Phi) is 3.32. The zero-order valence-electron chi connectivity index (χ0n) is 8.98. The molecule has 0 amide bonds. The van der Waals surface area contributed by atoms with E-state index in [-0.39, 0.29) is 0 Å². The molecule has 1 aromatic carbocycles. The fraction of sp³-hybridized carbons (Fsp3) is 0.231. The number of allylic oxidation sites excluding steroid dienone is 2. The number of halogens is 2. The van der Waals surface area contributed by atoms with Gasteiger partial charge in [0.1, 0.15) is 0 Å². The average Bonchev–Trinajstić information content (AvgIpc) is 2.25. The average molecular weight is 271 g/mol. The van der Waals surface area contributed by atoms with Crippen LogP contribution in [0.2, 0.25) is 0 Å². The predicted octanol–water partition coefficient (Wildman–Crippen LogP) is 2.58. The normalized spacial score (nSPS) is 21.1. The van der Waals surface area contributed by atoms with Gasteiger partial charge in [-0.25, -0.2) is 0 Å². The predicted molar refractivity (Wildman–Crippen MR) is 69.0 cm³/mol. The van der Waals surface area contributed by atoms with Gasteiger partial charge < -0.3 is 10.2 Å². The summed E-state index contributed by atoms with van der Waals surface area (Å²) in [6.45, 7) is 0. The zero-order valence-corrected chi connectivity index (χ0v) is 10.5. The van der Waals surface area contributed by atoms with Crippen molar-refractivity contribution in [3.63, 3.8) is 0 Å². The Morgan fingerprint density at radius 2 is 1.71 bits per heavy atom. The second kappa shape index (κ2) is 4.46. The minimum atomic E-state index is -2.23. The molecule has 0 aliphatic heterocycles. The lowest BCUT2D eigenvalue weighted by atomic mass is 9.96. The van der Waals surface area contributed by atoms with Gasteiger partial charge in [0.05, 0.1) is 0 Å². The van der Waals surface area contributed by atoms with Crippen LogP contribution in [-0.4, -0.2) is 20.3 Å². The van der Waals surface area contributed by atoms with Gasteiger partial charge in [0.15, 0.2) is 4.33 Å². The van der Waals surface area contributed by atoms with Crippen molar-refractivity contribution in [1.29, 1.82) is 0 Å². The third kappa shape index (κ3) is 2.72. The Bertz CT molecular complexity index is 462. The van der Waals surface area contributed by atoms with Crippen molar-refractivity contribution in [3.05, 3.63) is 59.7 Å². The van der Waals surface area contributed by atoms with Crippen molar-refractivity contribution < 1.29 is 10.2 Å². The van der Waals surface area contributed by atoms with E-state index < -0.39 is 10.1 Å². The SMILES string of the molecule is OC1(O)C=CC(Cc2ccccc2)=CC1(Cl)Cl. The van der Waals surface area contributed by atoms with Crippen LogP contribution in [0.15, 0.2) is 54.1 Å². The highest BCUT2D eigenvalue weighted by atomic mass is 35.5. The summed E-state index contributed by atoms with van der Waals surface area (Å²) in [5.41, 5.74) is 1.95. The molecule has 1 aliphatic carbocycles. The van der Waals surface area contributed by atoms with Gasteiger partial charge in [-0.05, 0) is 29.7 Å². The molecule has 2 N–H and O–H groups in total. The number of alkyl halides is 2. The molecule has 0 bridgehead atoms. The number of hydrogen-bond donors (Lipinski definition) is 2. The standard InChI is InChI=1S/C13H12Cl2O2/c14-12(15)9-11(6-7-13(12,16)17)8-10-4-2-1-3-5-10/h1-7,9,16-17H,8H2. The maximum absolute atomic E-state index is 9.55. The fourth-order valence-corrected chi connectivity index (χ4v) is 2.07. The minimum absolute atomic E-state index is 0.647. The monoisotopic (exact) mass is 270 g/mol. The molecule has 0 fully saturated rings. The number of rotatable bonds is 2. The van der Waals surface area contributed by atoms with Crippen LogP contribution in [0, 0.1) is 0 Å². The third-order valence-corrected chi connectivity index (χ3v) is 3.41. The van der Waals surface area contributed by atoms with E-state index in [0.717, 1.165) is 11.1 Å².